The molecule has 0 saturated carbocycles. The number of benzene rings is 1. The van der Waals surface area contributed by atoms with Gasteiger partial charge in [0.25, 0.3) is 0 Å². The number of cyclic esters (lactones) is 1. The van der Waals surface area contributed by atoms with Crippen LogP contribution in [0, 0.1) is 5.82 Å². The Balaban J connectivity index is 1.37. The maximum absolute atomic E-state index is 15.0. The summed E-state index contributed by atoms with van der Waals surface area (Å²) >= 11 is 5.17. The number of nitrogens with zero attached hydrogens (tertiary/aromatic N) is 8. The van der Waals surface area contributed by atoms with Crippen LogP contribution in [0.5, 0.6) is 0 Å². The molecule has 16 nitrogen and oxygen atoms in total. The molecule has 1 aliphatic rings. The molecule has 1 fully saturated rings. The highest BCUT2D eigenvalue weighted by molar-refractivity contribution is 6.14. The van der Waals surface area contributed by atoms with Crippen molar-refractivity contribution in [1.82, 2.24) is 39.5 Å². The first kappa shape index (κ1) is 27.4. The van der Waals surface area contributed by atoms with Gasteiger partial charge in [0.05, 0.1) is 31.5 Å². The minimum absolute atomic E-state index is 0.0869. The van der Waals surface area contributed by atoms with Crippen LogP contribution < -0.4 is 9.74 Å². The number of hydrogen-bond donors (Lipinski definition) is 1. The van der Waals surface area contributed by atoms with Crippen LogP contribution in [0.3, 0.4) is 0 Å². The third kappa shape index (κ3) is 6.82. The zero-order chi connectivity index (χ0) is 27.9. The van der Waals surface area contributed by atoms with Crippen LogP contribution in [0.4, 0.5) is 19.7 Å². The quantitative estimate of drug-likeness (QED) is 0.206. The van der Waals surface area contributed by atoms with Crippen LogP contribution >= 0.6 is 11.8 Å². The number of ether oxygens (including phenoxy) is 3. The van der Waals surface area contributed by atoms with Gasteiger partial charge in [-0.1, -0.05) is 5.21 Å². The lowest BCUT2D eigenvalue weighted by Gasteiger charge is -2.21. The van der Waals surface area contributed by atoms with Gasteiger partial charge in [-0.05, 0) is 30.0 Å². The highest BCUT2D eigenvalue weighted by atomic mass is 35.5. The summed E-state index contributed by atoms with van der Waals surface area (Å²) in [5, 5.41) is 11.9. The summed E-state index contributed by atoms with van der Waals surface area (Å²) in [5.74, 6) is -2.18. The van der Waals surface area contributed by atoms with Gasteiger partial charge in [0, 0.05) is 6.92 Å². The minimum Gasteiger partial charge on any atom is -0.442 e. The van der Waals surface area contributed by atoms with E-state index in [-0.39, 0.29) is 31.0 Å². The molecule has 39 heavy (non-hydrogen) atoms. The van der Waals surface area contributed by atoms with Gasteiger partial charge in [0.1, 0.15) is 36.7 Å². The highest BCUT2D eigenvalue weighted by Gasteiger charge is 2.36. The second-order valence-electron chi connectivity index (χ2n) is 7.98. The largest absolute Gasteiger partial charge is 0.442 e. The lowest BCUT2D eigenvalue weighted by Crippen LogP contribution is -2.42. The van der Waals surface area contributed by atoms with E-state index in [2.05, 4.69) is 25.1 Å². The van der Waals surface area contributed by atoms with Gasteiger partial charge >= 0.3 is 18.2 Å². The molecule has 3 aromatic rings. The molecule has 0 bridgehead atoms. The average molecular weight is 566 g/mol. The van der Waals surface area contributed by atoms with Crippen molar-refractivity contribution in [3.05, 3.63) is 48.6 Å². The molecule has 206 valence electrons. The zero-order valence-electron chi connectivity index (χ0n) is 20.3. The molecule has 3 amide bonds. The van der Waals surface area contributed by atoms with E-state index in [1.165, 1.54) is 40.3 Å². The Bertz CT molecular complexity index is 1350. The first-order valence-corrected chi connectivity index (χ1v) is 11.6. The van der Waals surface area contributed by atoms with Crippen LogP contribution in [0.2, 0.25) is 0 Å². The molecule has 1 saturated heterocycles. The number of carbonyl (C=O) groups excluding carboxylic acids is 4. The van der Waals surface area contributed by atoms with E-state index < -0.39 is 42.8 Å². The highest BCUT2D eigenvalue weighted by Crippen LogP contribution is 2.26. The molecule has 1 aliphatic heterocycles. The first-order valence-electron chi connectivity index (χ1n) is 11.2. The Morgan fingerprint density at radius 3 is 2.82 bits per heavy atom. The summed E-state index contributed by atoms with van der Waals surface area (Å²) in [6, 6.07) is 4.03. The van der Waals surface area contributed by atoms with Gasteiger partial charge in [-0.15, -0.1) is 5.10 Å². The van der Waals surface area contributed by atoms with Crippen molar-refractivity contribution >= 4 is 41.5 Å². The summed E-state index contributed by atoms with van der Waals surface area (Å²) in [5.41, 5.74) is 0.797. The predicted octanol–water partition coefficient (Wildman–Crippen LogP) is 0.601. The zero-order valence-corrected chi connectivity index (χ0v) is 21.0. The third-order valence-corrected chi connectivity index (χ3v) is 5.43. The first-order chi connectivity index (χ1) is 18.7. The van der Waals surface area contributed by atoms with Crippen molar-refractivity contribution in [3.8, 4) is 5.69 Å². The lowest BCUT2D eigenvalue weighted by molar-refractivity contribution is -0.151. The fraction of sp³-hybridized carbons (Fsp3) is 0.333. The monoisotopic (exact) mass is 565 g/mol. The second kappa shape index (κ2) is 12.3. The van der Waals surface area contributed by atoms with Crippen molar-refractivity contribution in [2.45, 2.75) is 19.6 Å². The topological polar surface area (TPSA) is 176 Å². The normalized spacial score (nSPS) is 14.7. The van der Waals surface area contributed by atoms with Crippen LogP contribution in [-0.4, -0.2) is 91.3 Å². The van der Waals surface area contributed by atoms with Gasteiger partial charge in [-0.25, -0.2) is 38.1 Å². The van der Waals surface area contributed by atoms with Gasteiger partial charge < -0.3 is 14.2 Å². The van der Waals surface area contributed by atoms with E-state index in [9.17, 15) is 23.6 Å². The molecule has 0 spiro atoms. The number of carbonyl (C=O) groups is 4. The molecule has 1 aromatic carbocycles. The summed E-state index contributed by atoms with van der Waals surface area (Å²) in [6.07, 6.45) is 1.56. The maximum atomic E-state index is 15.0. The van der Waals surface area contributed by atoms with Crippen molar-refractivity contribution in [2.24, 2.45) is 0 Å². The van der Waals surface area contributed by atoms with E-state index in [4.69, 9.17) is 21.3 Å². The van der Waals surface area contributed by atoms with Crippen LogP contribution in [0.15, 0.2) is 37.1 Å². The molecular formula is C21H21ClFN9O7. The number of esters is 1. The van der Waals surface area contributed by atoms with E-state index >= 15 is 0 Å². The minimum atomic E-state index is -1.12. The Kier molecular flexibility index (Phi) is 8.62. The van der Waals surface area contributed by atoms with Crippen LogP contribution in [-0.2, 0) is 30.3 Å². The summed E-state index contributed by atoms with van der Waals surface area (Å²) in [6.45, 7) is -0.111. The van der Waals surface area contributed by atoms with E-state index in [0.29, 0.717) is 17.1 Å². The summed E-state index contributed by atoms with van der Waals surface area (Å²) < 4.78 is 32.4. The van der Waals surface area contributed by atoms with Crippen molar-refractivity contribution in [3.63, 3.8) is 0 Å². The molecule has 2 aromatic heterocycles. The Morgan fingerprint density at radius 2 is 2.13 bits per heavy atom. The number of halogens is 2. The van der Waals surface area contributed by atoms with E-state index in [0.717, 1.165) is 17.9 Å². The van der Waals surface area contributed by atoms with Gasteiger partial charge in [-0.2, -0.15) is 5.10 Å². The molecule has 1 atom stereocenters. The third-order valence-electron chi connectivity index (χ3n) is 5.30. The van der Waals surface area contributed by atoms with E-state index in [1.54, 1.807) is 0 Å². The van der Waals surface area contributed by atoms with Crippen molar-refractivity contribution < 1.29 is 37.8 Å². The molecule has 3 heterocycles. The fourth-order valence-corrected chi connectivity index (χ4v) is 3.62. The van der Waals surface area contributed by atoms with Gasteiger partial charge in [0.2, 0.25) is 12.7 Å². The number of amides is 3. The number of aromatic nitrogens is 6. The van der Waals surface area contributed by atoms with Crippen LogP contribution in [0.25, 0.3) is 5.69 Å². The van der Waals surface area contributed by atoms with Gasteiger partial charge in [0.15, 0.2) is 5.82 Å². The smallest absolute Gasteiger partial charge is 0.419 e. The number of imide groups is 1. The molecular weight excluding hydrogens is 545 g/mol. The number of anilines is 1. The van der Waals surface area contributed by atoms with E-state index in [1.807, 2.05) is 4.84 Å². The molecule has 1 N–H and O–H groups in total. The SMILES string of the molecule is CC(=O)N(C[C@H]1CN(c2ccc(-n3cc(Cn4cncn4)nn3)c(F)c2)C(=O)O1)C(=O)OCOC(=O)CNCl. The fourth-order valence-electron chi connectivity index (χ4n) is 3.51. The van der Waals surface area contributed by atoms with Crippen molar-refractivity contribution in [1.29, 1.82) is 0 Å². The predicted molar refractivity (Wildman–Crippen MR) is 127 cm³/mol. The molecule has 4 rings (SSSR count). The number of hydrogen-bond acceptors (Lipinski definition) is 12. The van der Waals surface area contributed by atoms with Gasteiger partial charge in [-0.3, -0.25) is 14.5 Å². The summed E-state index contributed by atoms with van der Waals surface area (Å²) in [4.78, 5) is 55.7. The lowest BCUT2D eigenvalue weighted by atomic mass is 10.2. The second-order valence-corrected chi connectivity index (χ2v) is 8.25. The van der Waals surface area contributed by atoms with Crippen LogP contribution in [0.1, 0.15) is 12.6 Å². The maximum Gasteiger partial charge on any atom is 0.419 e. The number of nitrogens with one attached hydrogen (secondary N) is 1. The Labute approximate surface area is 224 Å². The number of rotatable bonds is 10. The molecule has 18 heteroatoms. The molecule has 0 unspecified atom stereocenters. The van der Waals surface area contributed by atoms with Crippen molar-refractivity contribution in [2.75, 3.05) is 31.3 Å². The summed E-state index contributed by atoms with van der Waals surface area (Å²) in [7, 11) is 0. The molecule has 0 radical (unpaired) electrons. The molecule has 0 aliphatic carbocycles. The Morgan fingerprint density at radius 1 is 1.31 bits per heavy atom. The average Bonchev–Trinajstić information content (AvgIpc) is 3.65. The Hall–Kier alpha value is -4.64. The standard InChI is InChI=1S/C21H21ClFN9O7/c1-13(33)30(20(35)38-12-37-19(34)5-25-22)8-16-9-31(21(36)39-16)15-2-3-18(17(23)4-15)32-7-14(27-28-32)6-29-11-24-10-26-29/h2-4,7,10-11,16,25H,5-6,8-9,12H2,1H3/t16-/m0/s1.